The van der Waals surface area contributed by atoms with Crippen LogP contribution in [0.1, 0.15) is 54.4 Å². The molecule has 2 saturated heterocycles. The van der Waals surface area contributed by atoms with Crippen molar-refractivity contribution in [1.29, 1.82) is 10.5 Å². The van der Waals surface area contributed by atoms with Crippen molar-refractivity contribution < 1.29 is 32.4 Å². The second-order valence-electron chi connectivity index (χ2n) is 12.3. The lowest BCUT2D eigenvalue weighted by Gasteiger charge is -2.41. The summed E-state index contributed by atoms with van der Waals surface area (Å²) in [5.41, 5.74) is 6.40. The predicted molar refractivity (Wildman–Crippen MR) is 162 cm³/mol. The van der Waals surface area contributed by atoms with Crippen molar-refractivity contribution in [3.05, 3.63) is 12.5 Å². The zero-order valence-electron chi connectivity index (χ0n) is 26.1. The number of nitriles is 2. The molecule has 0 amide bonds. The monoisotopic (exact) mass is 614 g/mol. The molecule has 3 N–H and O–H groups in total. The largest absolute Gasteiger partial charge is 0.465 e. The molecule has 11 nitrogen and oxygen atoms in total. The van der Waals surface area contributed by atoms with E-state index in [1.165, 1.54) is 0 Å². The number of rotatable bonds is 16. The lowest BCUT2D eigenvalue weighted by atomic mass is 9.98. The standard InChI is InChI=1S/C28H51N4O7PSi/c1-19-20(2)37-23(25(19)31)18-36-40(8,35-16-12-14-30)32-26-24(17-34-22(4)33-15-11-13-29)38-21(3)27(26)39-41(9,10)28(5,6)7/h19-21,23-27,32H,4,8,11-12,15-18,31H2,1-3,5-7,9-10H3/t19-,20+,21+,23-,24-,25?,26+,27?,40?/m1/s1. The molecule has 0 spiro atoms. The lowest BCUT2D eigenvalue weighted by molar-refractivity contribution is -0.0371. The predicted octanol–water partition coefficient (Wildman–Crippen LogP) is 4.43. The molecule has 2 rings (SSSR count). The Bertz CT molecular complexity index is 995. The van der Waals surface area contributed by atoms with E-state index in [4.69, 9.17) is 48.7 Å². The van der Waals surface area contributed by atoms with Crippen LogP contribution < -0.4 is 10.8 Å². The van der Waals surface area contributed by atoms with Gasteiger partial charge in [-0.25, -0.2) is 5.09 Å². The minimum atomic E-state index is -3.02. The average molecular weight is 615 g/mol. The zero-order valence-corrected chi connectivity index (χ0v) is 27.9. The van der Waals surface area contributed by atoms with Crippen molar-refractivity contribution in [3.63, 3.8) is 0 Å². The normalized spacial score (nSPS) is 31.7. The van der Waals surface area contributed by atoms with Crippen LogP contribution in [0.15, 0.2) is 12.5 Å². The highest BCUT2D eigenvalue weighted by Crippen LogP contribution is 2.48. The number of nitrogens with zero attached hydrogens (tertiary/aromatic N) is 2. The number of hydrogen-bond acceptors (Lipinski definition) is 11. The molecular weight excluding hydrogens is 563 g/mol. The van der Waals surface area contributed by atoms with E-state index in [1.807, 2.05) is 19.9 Å². The van der Waals surface area contributed by atoms with Gasteiger partial charge in [0.25, 0.3) is 5.95 Å². The summed E-state index contributed by atoms with van der Waals surface area (Å²) in [4.78, 5) is 0. The molecule has 2 aliphatic rings. The van der Waals surface area contributed by atoms with Crippen LogP contribution in [0, 0.1) is 28.6 Å². The molecule has 234 valence electrons. The first-order valence-electron chi connectivity index (χ1n) is 14.3. The van der Waals surface area contributed by atoms with Crippen molar-refractivity contribution in [1.82, 2.24) is 5.09 Å². The molecule has 0 aliphatic carbocycles. The first-order chi connectivity index (χ1) is 19.0. The molecule has 3 unspecified atom stereocenters. The zero-order chi connectivity index (χ0) is 31.0. The van der Waals surface area contributed by atoms with Crippen molar-refractivity contribution >= 4 is 22.1 Å². The van der Waals surface area contributed by atoms with Gasteiger partial charge in [0.15, 0.2) is 15.8 Å². The van der Waals surface area contributed by atoms with Gasteiger partial charge < -0.3 is 38.2 Å². The molecule has 0 aromatic carbocycles. The van der Waals surface area contributed by atoms with Crippen LogP contribution in [-0.2, 0) is 32.4 Å². The summed E-state index contributed by atoms with van der Waals surface area (Å²) in [6.07, 6.45) is 3.35. The first kappa shape index (κ1) is 35.8. The number of nitrogens with two attached hydrogens (primary N) is 1. The van der Waals surface area contributed by atoms with E-state index in [-0.39, 0.29) is 86.6 Å². The third-order valence-corrected chi connectivity index (χ3v) is 14.5. The minimum absolute atomic E-state index is 0.0140. The molecule has 2 heterocycles. The molecular formula is C28H51N4O7PSi. The molecule has 13 heteroatoms. The Morgan fingerprint density at radius 3 is 2.15 bits per heavy atom. The minimum Gasteiger partial charge on any atom is -0.465 e. The first-order valence-corrected chi connectivity index (χ1v) is 19.0. The third kappa shape index (κ3) is 10.1. The quantitative estimate of drug-likeness (QED) is 0.110. The number of ether oxygens (including phenoxy) is 4. The number of hydrogen-bond donors (Lipinski definition) is 2. The molecule has 2 fully saturated rings. The van der Waals surface area contributed by atoms with E-state index in [2.05, 4.69) is 64.8 Å². The van der Waals surface area contributed by atoms with E-state index in [9.17, 15) is 0 Å². The Labute approximate surface area is 247 Å². The molecule has 0 radical (unpaired) electrons. The van der Waals surface area contributed by atoms with E-state index in [0.717, 1.165) is 0 Å². The molecule has 9 atom stereocenters. The molecule has 0 aromatic rings. The Morgan fingerprint density at radius 2 is 1.59 bits per heavy atom. The summed E-state index contributed by atoms with van der Waals surface area (Å²) in [7, 11) is -5.24. The van der Waals surface area contributed by atoms with Gasteiger partial charge >= 0.3 is 0 Å². The van der Waals surface area contributed by atoms with Gasteiger partial charge in [0.1, 0.15) is 19.3 Å². The van der Waals surface area contributed by atoms with Gasteiger partial charge in [0.05, 0.1) is 68.7 Å². The van der Waals surface area contributed by atoms with E-state index in [0.29, 0.717) is 0 Å². The van der Waals surface area contributed by atoms with Crippen LogP contribution in [0.2, 0.25) is 18.1 Å². The van der Waals surface area contributed by atoms with Crippen molar-refractivity contribution in [2.75, 3.05) is 26.4 Å². The van der Waals surface area contributed by atoms with Crippen LogP contribution in [0.4, 0.5) is 0 Å². The van der Waals surface area contributed by atoms with Gasteiger partial charge in [-0.1, -0.05) is 27.7 Å². The Hall–Kier alpha value is -1.44. The average Bonchev–Trinajstić information content (AvgIpc) is 3.30. The van der Waals surface area contributed by atoms with Crippen LogP contribution in [0.25, 0.3) is 0 Å². The highest BCUT2D eigenvalue weighted by atomic mass is 31.2. The molecule has 0 aromatic heterocycles. The second-order valence-corrected chi connectivity index (χ2v) is 19.2. The highest BCUT2D eigenvalue weighted by Gasteiger charge is 2.50. The Kier molecular flexibility index (Phi) is 13.4. The maximum atomic E-state index is 9.14. The summed E-state index contributed by atoms with van der Waals surface area (Å²) < 4.78 is 42.9. The summed E-state index contributed by atoms with van der Waals surface area (Å²) in [6, 6.07) is 3.52. The Morgan fingerprint density at radius 1 is 0.976 bits per heavy atom. The summed E-state index contributed by atoms with van der Waals surface area (Å²) >= 11 is 0. The maximum Gasteiger partial charge on any atom is 0.271 e. The van der Waals surface area contributed by atoms with Crippen molar-refractivity contribution in [3.8, 4) is 12.1 Å². The third-order valence-electron chi connectivity index (χ3n) is 8.20. The highest BCUT2D eigenvalue weighted by molar-refractivity contribution is 7.62. The SMILES string of the molecule is C=C(OCCC#N)OC[C@H]1O[C@@H](C)C(O[Si](C)(C)C(C)(C)C)[C@H]1NP(=C)(OCCC#N)OC[C@H]1O[C@@H](C)[C@@H](C)C1N. The van der Waals surface area contributed by atoms with E-state index in [1.54, 1.807) is 0 Å². The maximum absolute atomic E-state index is 9.14. The van der Waals surface area contributed by atoms with Gasteiger partial charge in [-0.2, -0.15) is 10.5 Å². The summed E-state index contributed by atoms with van der Waals surface area (Å²) in [5.74, 6) is 0.293. The summed E-state index contributed by atoms with van der Waals surface area (Å²) in [6.45, 7) is 21.4. The fraction of sp³-hybridized carbons (Fsp3) is 0.821. The van der Waals surface area contributed by atoms with Gasteiger partial charge in [-0.15, -0.1) is 0 Å². The molecule has 41 heavy (non-hydrogen) atoms. The van der Waals surface area contributed by atoms with Crippen molar-refractivity contribution in [2.45, 2.75) is 115 Å². The number of nitrogens with one attached hydrogen (secondary N) is 1. The van der Waals surface area contributed by atoms with Crippen LogP contribution in [0.5, 0.6) is 0 Å². The fourth-order valence-corrected chi connectivity index (χ4v) is 7.56. The lowest BCUT2D eigenvalue weighted by Crippen LogP contribution is -2.53. The van der Waals surface area contributed by atoms with Gasteiger partial charge in [-0.05, 0) is 50.8 Å². The molecule has 0 saturated carbocycles. The molecule has 0 bridgehead atoms. The second kappa shape index (κ2) is 15.3. The topological polar surface area (TPSA) is 150 Å². The van der Waals surface area contributed by atoms with E-state index < -0.39 is 28.0 Å². The van der Waals surface area contributed by atoms with Gasteiger partial charge in [0.2, 0.25) is 0 Å². The van der Waals surface area contributed by atoms with Gasteiger partial charge in [-0.3, -0.25) is 0 Å². The summed E-state index contributed by atoms with van der Waals surface area (Å²) in [5, 5.41) is 21.4. The van der Waals surface area contributed by atoms with Crippen LogP contribution in [0.3, 0.4) is 0 Å². The van der Waals surface area contributed by atoms with Crippen LogP contribution in [-0.4, -0.2) is 83.6 Å². The van der Waals surface area contributed by atoms with E-state index >= 15 is 0 Å². The van der Waals surface area contributed by atoms with Crippen LogP contribution >= 0.6 is 7.49 Å². The smallest absolute Gasteiger partial charge is 0.271 e. The van der Waals surface area contributed by atoms with Gasteiger partial charge in [0, 0.05) is 6.04 Å². The van der Waals surface area contributed by atoms with Crippen molar-refractivity contribution in [2.24, 2.45) is 11.7 Å². The Balaban J connectivity index is 2.30. The fourth-order valence-electron chi connectivity index (χ4n) is 4.42. The molecule has 2 aliphatic heterocycles.